The fraction of sp³-hybridized carbons (Fsp3) is 0.400. The summed E-state index contributed by atoms with van der Waals surface area (Å²) in [5.74, 6) is 3.57. The van der Waals surface area contributed by atoms with Gasteiger partial charge in [0, 0.05) is 5.56 Å². The number of halogens is 5. The van der Waals surface area contributed by atoms with Gasteiger partial charge in [-0.05, 0) is 18.2 Å². The van der Waals surface area contributed by atoms with Crippen LogP contribution in [0.15, 0.2) is 18.2 Å². The molecule has 3 nitrogen and oxygen atoms in total. The van der Waals surface area contributed by atoms with Crippen molar-refractivity contribution in [3.63, 3.8) is 0 Å². The van der Waals surface area contributed by atoms with Gasteiger partial charge in [0.25, 0.3) is 0 Å². The van der Waals surface area contributed by atoms with Crippen molar-refractivity contribution in [2.75, 3.05) is 13.2 Å². The molecule has 1 aromatic carbocycles. The molecule has 1 unspecified atom stereocenters. The Morgan fingerprint density at radius 1 is 1.28 bits per heavy atom. The highest BCUT2D eigenvalue weighted by Gasteiger charge is 2.28. The Labute approximate surface area is 99.7 Å². The first-order valence-corrected chi connectivity index (χ1v) is 4.89. The molecule has 0 aliphatic rings. The molecule has 1 aromatic rings. The quantitative estimate of drug-likeness (QED) is 0.489. The SMILES string of the molecule is NNC(COCC(F)(F)F)c1cc(F)ccc1F. The number of benzene rings is 1. The highest BCUT2D eigenvalue weighted by molar-refractivity contribution is 5.22. The van der Waals surface area contributed by atoms with Gasteiger partial charge in [-0.15, -0.1) is 0 Å². The van der Waals surface area contributed by atoms with Crippen LogP contribution >= 0.6 is 0 Å². The molecule has 0 aliphatic carbocycles. The van der Waals surface area contributed by atoms with Crippen LogP contribution in [0.4, 0.5) is 22.0 Å². The largest absolute Gasteiger partial charge is 0.411 e. The first-order valence-electron chi connectivity index (χ1n) is 4.89. The molecule has 0 saturated heterocycles. The van der Waals surface area contributed by atoms with Crippen molar-refractivity contribution in [3.05, 3.63) is 35.4 Å². The van der Waals surface area contributed by atoms with Crippen LogP contribution < -0.4 is 11.3 Å². The molecule has 0 saturated carbocycles. The molecule has 18 heavy (non-hydrogen) atoms. The second-order valence-corrected chi connectivity index (χ2v) is 3.52. The van der Waals surface area contributed by atoms with Gasteiger partial charge in [-0.1, -0.05) is 0 Å². The Balaban J connectivity index is 2.68. The first-order chi connectivity index (χ1) is 8.33. The number of nitrogens with one attached hydrogen (secondary N) is 1. The summed E-state index contributed by atoms with van der Waals surface area (Å²) >= 11 is 0. The van der Waals surface area contributed by atoms with Crippen LogP contribution in [0.25, 0.3) is 0 Å². The second kappa shape index (κ2) is 6.07. The second-order valence-electron chi connectivity index (χ2n) is 3.52. The summed E-state index contributed by atoms with van der Waals surface area (Å²) in [7, 11) is 0. The Morgan fingerprint density at radius 2 is 1.94 bits per heavy atom. The van der Waals surface area contributed by atoms with E-state index in [1.54, 1.807) is 0 Å². The van der Waals surface area contributed by atoms with Gasteiger partial charge in [0.15, 0.2) is 0 Å². The van der Waals surface area contributed by atoms with Crippen LogP contribution in [0.2, 0.25) is 0 Å². The topological polar surface area (TPSA) is 47.3 Å². The fourth-order valence-electron chi connectivity index (χ4n) is 1.30. The molecule has 102 valence electrons. The minimum Gasteiger partial charge on any atom is -0.370 e. The minimum absolute atomic E-state index is 0.195. The number of rotatable bonds is 5. The standard InChI is InChI=1S/C10H11F5N2O/c11-6-1-2-8(12)7(3-6)9(17-16)4-18-5-10(13,14)15/h1-3,9,17H,4-5,16H2. The van der Waals surface area contributed by atoms with Gasteiger partial charge in [-0.2, -0.15) is 13.2 Å². The van der Waals surface area contributed by atoms with Crippen molar-refractivity contribution in [3.8, 4) is 0 Å². The Bertz CT molecular complexity index is 396. The average molecular weight is 270 g/mol. The minimum atomic E-state index is -4.49. The van der Waals surface area contributed by atoms with Gasteiger partial charge in [0.1, 0.15) is 18.2 Å². The van der Waals surface area contributed by atoms with E-state index in [0.29, 0.717) is 0 Å². The van der Waals surface area contributed by atoms with Crippen molar-refractivity contribution in [2.24, 2.45) is 5.84 Å². The number of hydrogen-bond acceptors (Lipinski definition) is 3. The molecule has 0 aromatic heterocycles. The number of alkyl halides is 3. The monoisotopic (exact) mass is 270 g/mol. The van der Waals surface area contributed by atoms with Gasteiger partial charge < -0.3 is 4.74 Å². The van der Waals surface area contributed by atoms with Crippen LogP contribution in [0, 0.1) is 11.6 Å². The van der Waals surface area contributed by atoms with E-state index < -0.39 is 37.1 Å². The van der Waals surface area contributed by atoms with Crippen LogP contribution in [-0.4, -0.2) is 19.4 Å². The summed E-state index contributed by atoms with van der Waals surface area (Å²) in [6.45, 7) is -2.02. The number of nitrogens with two attached hydrogens (primary N) is 1. The summed E-state index contributed by atoms with van der Waals surface area (Å²) < 4.78 is 66.1. The van der Waals surface area contributed by atoms with E-state index in [1.165, 1.54) is 0 Å². The lowest BCUT2D eigenvalue weighted by molar-refractivity contribution is -0.175. The molecule has 8 heteroatoms. The molecule has 0 aliphatic heterocycles. The van der Waals surface area contributed by atoms with Gasteiger partial charge in [-0.3, -0.25) is 11.3 Å². The van der Waals surface area contributed by atoms with Crippen molar-refractivity contribution >= 4 is 0 Å². The third kappa shape index (κ3) is 4.55. The first kappa shape index (κ1) is 14.8. The van der Waals surface area contributed by atoms with E-state index in [-0.39, 0.29) is 5.56 Å². The van der Waals surface area contributed by atoms with Crippen molar-refractivity contribution in [1.82, 2.24) is 5.43 Å². The zero-order valence-corrected chi connectivity index (χ0v) is 9.10. The molecular weight excluding hydrogens is 259 g/mol. The van der Waals surface area contributed by atoms with Crippen molar-refractivity contribution < 1.29 is 26.7 Å². The third-order valence-corrected chi connectivity index (χ3v) is 2.08. The molecule has 1 rings (SSSR count). The highest BCUT2D eigenvalue weighted by atomic mass is 19.4. The van der Waals surface area contributed by atoms with E-state index >= 15 is 0 Å². The predicted octanol–water partition coefficient (Wildman–Crippen LogP) is 2.05. The Morgan fingerprint density at radius 3 is 2.50 bits per heavy atom. The lowest BCUT2D eigenvalue weighted by Crippen LogP contribution is -2.33. The van der Waals surface area contributed by atoms with E-state index in [1.807, 2.05) is 0 Å². The molecule has 0 spiro atoms. The third-order valence-electron chi connectivity index (χ3n) is 2.08. The molecular formula is C10H11F5N2O. The normalized spacial score (nSPS) is 13.7. The highest BCUT2D eigenvalue weighted by Crippen LogP contribution is 2.20. The maximum Gasteiger partial charge on any atom is 0.411 e. The number of ether oxygens (including phenoxy) is 1. The number of hydrogen-bond donors (Lipinski definition) is 2. The predicted molar refractivity (Wildman–Crippen MR) is 53.3 cm³/mol. The summed E-state index contributed by atoms with van der Waals surface area (Å²) in [4.78, 5) is 0. The van der Waals surface area contributed by atoms with Crippen molar-refractivity contribution in [1.29, 1.82) is 0 Å². The summed E-state index contributed by atoms with van der Waals surface area (Å²) in [6, 6.07) is 1.53. The lowest BCUT2D eigenvalue weighted by atomic mass is 10.1. The lowest BCUT2D eigenvalue weighted by Gasteiger charge is -2.17. The zero-order valence-electron chi connectivity index (χ0n) is 9.10. The smallest absolute Gasteiger partial charge is 0.370 e. The van der Waals surface area contributed by atoms with Crippen LogP contribution in [-0.2, 0) is 4.74 Å². The molecule has 0 heterocycles. The van der Waals surface area contributed by atoms with E-state index in [0.717, 1.165) is 18.2 Å². The van der Waals surface area contributed by atoms with Gasteiger partial charge in [0.2, 0.25) is 0 Å². The average Bonchev–Trinajstić information content (AvgIpc) is 2.27. The summed E-state index contributed by atoms with van der Waals surface area (Å²) in [5.41, 5.74) is 1.88. The molecule has 3 N–H and O–H groups in total. The van der Waals surface area contributed by atoms with Gasteiger partial charge >= 0.3 is 6.18 Å². The van der Waals surface area contributed by atoms with Crippen LogP contribution in [0.1, 0.15) is 11.6 Å². The Hall–Kier alpha value is -1.25. The van der Waals surface area contributed by atoms with Gasteiger partial charge in [0.05, 0.1) is 12.6 Å². The van der Waals surface area contributed by atoms with Crippen molar-refractivity contribution in [2.45, 2.75) is 12.2 Å². The van der Waals surface area contributed by atoms with Crippen LogP contribution in [0.5, 0.6) is 0 Å². The zero-order chi connectivity index (χ0) is 13.8. The van der Waals surface area contributed by atoms with E-state index in [2.05, 4.69) is 10.2 Å². The Kier molecular flexibility index (Phi) is 5.00. The maximum atomic E-state index is 13.3. The fourth-order valence-corrected chi connectivity index (χ4v) is 1.30. The van der Waals surface area contributed by atoms with E-state index in [4.69, 9.17) is 5.84 Å². The van der Waals surface area contributed by atoms with Gasteiger partial charge in [-0.25, -0.2) is 8.78 Å². The number of hydrazine groups is 1. The molecule has 1 atom stereocenters. The molecule has 0 bridgehead atoms. The van der Waals surface area contributed by atoms with Crippen LogP contribution in [0.3, 0.4) is 0 Å². The summed E-state index contributed by atoms with van der Waals surface area (Å²) in [6.07, 6.45) is -4.49. The van der Waals surface area contributed by atoms with E-state index in [9.17, 15) is 22.0 Å². The molecule has 0 amide bonds. The maximum absolute atomic E-state index is 13.3. The molecule has 0 radical (unpaired) electrons. The molecule has 0 fully saturated rings. The summed E-state index contributed by atoms with van der Waals surface area (Å²) in [5, 5.41) is 0.